The van der Waals surface area contributed by atoms with Gasteiger partial charge in [-0.2, -0.15) is 0 Å². The number of morpholine rings is 1. The largest absolute Gasteiger partial charge is 0.378 e. The molecule has 4 rings (SSSR count). The lowest BCUT2D eigenvalue weighted by atomic mass is 9.87. The summed E-state index contributed by atoms with van der Waals surface area (Å²) in [5.74, 6) is 0.120. The molecule has 27 heavy (non-hydrogen) atoms. The molecule has 0 radical (unpaired) electrons. The van der Waals surface area contributed by atoms with Gasteiger partial charge in [-0.25, -0.2) is 0 Å². The number of benzene rings is 1. The van der Waals surface area contributed by atoms with Gasteiger partial charge in [0.1, 0.15) is 0 Å². The van der Waals surface area contributed by atoms with Crippen LogP contribution < -0.4 is 5.32 Å². The fourth-order valence-electron chi connectivity index (χ4n) is 3.66. The van der Waals surface area contributed by atoms with E-state index in [0.29, 0.717) is 32.7 Å². The standard InChI is InChI=1S/C21H24N2O3S/c1-14-2-5-17(6-3-14)22-20(24)15-4-7-18-16(12-15)13-19(27-18)21(25)23-8-10-26-11-9-23/h2-3,5-6,13,15H,4,7-12H2,1H3,(H,22,24). The lowest BCUT2D eigenvalue weighted by Gasteiger charge is -2.26. The molecule has 2 aliphatic rings. The van der Waals surface area contributed by atoms with E-state index in [1.807, 2.05) is 42.2 Å². The number of nitrogens with one attached hydrogen (secondary N) is 1. The Kier molecular flexibility index (Phi) is 5.27. The molecule has 1 fully saturated rings. The quantitative estimate of drug-likeness (QED) is 0.884. The van der Waals surface area contributed by atoms with Gasteiger partial charge < -0.3 is 15.0 Å². The van der Waals surface area contributed by atoms with Gasteiger partial charge in [-0.05, 0) is 49.9 Å². The highest BCUT2D eigenvalue weighted by Gasteiger charge is 2.29. The van der Waals surface area contributed by atoms with Crippen molar-refractivity contribution in [2.45, 2.75) is 26.2 Å². The Labute approximate surface area is 163 Å². The van der Waals surface area contributed by atoms with Gasteiger partial charge in [0.15, 0.2) is 0 Å². The lowest BCUT2D eigenvalue weighted by Crippen LogP contribution is -2.40. The molecule has 2 heterocycles. The molecule has 1 aliphatic heterocycles. The molecule has 142 valence electrons. The molecule has 0 saturated carbocycles. The van der Waals surface area contributed by atoms with Crippen molar-refractivity contribution >= 4 is 28.8 Å². The molecule has 1 aliphatic carbocycles. The maximum atomic E-state index is 12.7. The van der Waals surface area contributed by atoms with Crippen LogP contribution in [0.25, 0.3) is 0 Å². The third-order valence-electron chi connectivity index (χ3n) is 5.28. The van der Waals surface area contributed by atoms with E-state index in [4.69, 9.17) is 4.74 Å². The number of carbonyl (C=O) groups excluding carboxylic acids is 2. The van der Waals surface area contributed by atoms with Crippen molar-refractivity contribution in [1.29, 1.82) is 0 Å². The monoisotopic (exact) mass is 384 g/mol. The molecule has 2 amide bonds. The minimum Gasteiger partial charge on any atom is -0.378 e. The molecule has 1 aromatic carbocycles. The molecule has 5 nitrogen and oxygen atoms in total. The Balaban J connectivity index is 1.42. The van der Waals surface area contributed by atoms with Gasteiger partial charge in [0, 0.05) is 29.6 Å². The second kappa shape index (κ2) is 7.82. The van der Waals surface area contributed by atoms with Crippen molar-refractivity contribution in [2.75, 3.05) is 31.6 Å². The number of nitrogens with zero attached hydrogens (tertiary/aromatic N) is 1. The van der Waals surface area contributed by atoms with E-state index >= 15 is 0 Å². The summed E-state index contributed by atoms with van der Waals surface area (Å²) in [5, 5.41) is 3.03. The van der Waals surface area contributed by atoms with Crippen LogP contribution in [0.4, 0.5) is 5.69 Å². The maximum Gasteiger partial charge on any atom is 0.264 e. The molecule has 6 heteroatoms. The molecule has 0 bridgehead atoms. The van der Waals surface area contributed by atoms with Crippen LogP contribution in [0.15, 0.2) is 30.3 Å². The van der Waals surface area contributed by atoms with Crippen LogP contribution in [0.2, 0.25) is 0 Å². The summed E-state index contributed by atoms with van der Waals surface area (Å²) in [5.41, 5.74) is 3.17. The molecule has 1 atom stereocenters. The van der Waals surface area contributed by atoms with E-state index in [9.17, 15) is 9.59 Å². The van der Waals surface area contributed by atoms with Gasteiger partial charge in [-0.3, -0.25) is 9.59 Å². The van der Waals surface area contributed by atoms with Crippen molar-refractivity contribution in [1.82, 2.24) is 4.90 Å². The summed E-state index contributed by atoms with van der Waals surface area (Å²) in [6.45, 7) is 4.56. The Bertz CT molecular complexity index is 838. The molecule has 1 aromatic heterocycles. The predicted molar refractivity (Wildman–Crippen MR) is 106 cm³/mol. The lowest BCUT2D eigenvalue weighted by molar-refractivity contribution is -0.120. The third kappa shape index (κ3) is 4.06. The highest BCUT2D eigenvalue weighted by atomic mass is 32.1. The van der Waals surface area contributed by atoms with Crippen LogP contribution >= 0.6 is 11.3 Å². The number of carbonyl (C=O) groups is 2. The summed E-state index contributed by atoms with van der Waals surface area (Å²) in [6, 6.07) is 9.87. The van der Waals surface area contributed by atoms with Crippen LogP contribution in [-0.4, -0.2) is 43.0 Å². The third-order valence-corrected chi connectivity index (χ3v) is 6.51. The minimum atomic E-state index is -0.0419. The summed E-state index contributed by atoms with van der Waals surface area (Å²) in [6.07, 6.45) is 2.40. The number of hydrogen-bond acceptors (Lipinski definition) is 4. The van der Waals surface area contributed by atoms with Gasteiger partial charge in [0.25, 0.3) is 5.91 Å². The summed E-state index contributed by atoms with van der Waals surface area (Å²) >= 11 is 1.59. The summed E-state index contributed by atoms with van der Waals surface area (Å²) in [7, 11) is 0. The van der Waals surface area contributed by atoms with Crippen molar-refractivity contribution in [3.63, 3.8) is 0 Å². The number of rotatable bonds is 3. The van der Waals surface area contributed by atoms with Crippen LogP contribution in [0, 0.1) is 12.8 Å². The second-order valence-corrected chi connectivity index (χ2v) is 8.40. The Hall–Kier alpha value is -2.18. The van der Waals surface area contributed by atoms with Crippen molar-refractivity contribution in [3.8, 4) is 0 Å². The van der Waals surface area contributed by atoms with Gasteiger partial charge in [0.2, 0.25) is 5.91 Å². The first-order valence-corrected chi connectivity index (χ1v) is 10.3. The van der Waals surface area contributed by atoms with Gasteiger partial charge in [0.05, 0.1) is 18.1 Å². The Morgan fingerprint density at radius 3 is 2.67 bits per heavy atom. The Morgan fingerprint density at radius 2 is 1.93 bits per heavy atom. The van der Waals surface area contributed by atoms with E-state index in [-0.39, 0.29) is 17.7 Å². The molecule has 0 spiro atoms. The number of amides is 2. The molecule has 1 saturated heterocycles. The van der Waals surface area contributed by atoms with Crippen molar-refractivity contribution in [3.05, 3.63) is 51.2 Å². The van der Waals surface area contributed by atoms with Gasteiger partial charge in [-0.1, -0.05) is 17.7 Å². The molecule has 1 unspecified atom stereocenters. The zero-order chi connectivity index (χ0) is 18.8. The molecular weight excluding hydrogens is 360 g/mol. The van der Waals surface area contributed by atoms with Gasteiger partial charge >= 0.3 is 0 Å². The molecule has 2 aromatic rings. The number of anilines is 1. The van der Waals surface area contributed by atoms with Gasteiger partial charge in [-0.15, -0.1) is 11.3 Å². The fourth-order valence-corrected chi connectivity index (χ4v) is 4.83. The minimum absolute atomic E-state index is 0.0419. The zero-order valence-electron chi connectivity index (χ0n) is 15.5. The molecular formula is C21H24N2O3S. The number of thiophene rings is 1. The van der Waals surface area contributed by atoms with E-state index in [2.05, 4.69) is 5.32 Å². The van der Waals surface area contributed by atoms with E-state index in [1.165, 1.54) is 10.4 Å². The first kappa shape index (κ1) is 18.2. The topological polar surface area (TPSA) is 58.6 Å². The summed E-state index contributed by atoms with van der Waals surface area (Å²) in [4.78, 5) is 29.3. The predicted octanol–water partition coefficient (Wildman–Crippen LogP) is 3.27. The average Bonchev–Trinajstić information content (AvgIpc) is 3.13. The zero-order valence-corrected chi connectivity index (χ0v) is 16.3. The second-order valence-electron chi connectivity index (χ2n) is 7.26. The number of fused-ring (bicyclic) bond motifs is 1. The van der Waals surface area contributed by atoms with Crippen LogP contribution in [0.5, 0.6) is 0 Å². The smallest absolute Gasteiger partial charge is 0.264 e. The van der Waals surface area contributed by atoms with Crippen LogP contribution in [0.3, 0.4) is 0 Å². The average molecular weight is 385 g/mol. The Morgan fingerprint density at radius 1 is 1.19 bits per heavy atom. The first-order valence-electron chi connectivity index (χ1n) is 9.46. The first-order chi connectivity index (χ1) is 13.1. The van der Waals surface area contributed by atoms with E-state index in [0.717, 1.165) is 29.0 Å². The van der Waals surface area contributed by atoms with Crippen LogP contribution in [-0.2, 0) is 22.4 Å². The van der Waals surface area contributed by atoms with Crippen LogP contribution in [0.1, 0.15) is 32.1 Å². The van der Waals surface area contributed by atoms with E-state index < -0.39 is 0 Å². The van der Waals surface area contributed by atoms with E-state index in [1.54, 1.807) is 11.3 Å². The van der Waals surface area contributed by atoms with Crippen molar-refractivity contribution < 1.29 is 14.3 Å². The highest BCUT2D eigenvalue weighted by molar-refractivity contribution is 7.14. The summed E-state index contributed by atoms with van der Waals surface area (Å²) < 4.78 is 5.33. The van der Waals surface area contributed by atoms with Crippen molar-refractivity contribution in [2.24, 2.45) is 5.92 Å². The number of aryl methyl sites for hydroxylation is 2. The normalized spacial score (nSPS) is 19.4. The number of hydrogen-bond donors (Lipinski definition) is 1. The fraction of sp³-hybridized carbons (Fsp3) is 0.429. The SMILES string of the molecule is Cc1ccc(NC(=O)C2CCc3sc(C(=O)N4CCOCC4)cc3C2)cc1. The highest BCUT2D eigenvalue weighted by Crippen LogP contribution is 2.33. The maximum absolute atomic E-state index is 12.7. The number of ether oxygens (including phenoxy) is 1. The molecule has 1 N–H and O–H groups in total.